The molecule has 6 heteroatoms. The Kier molecular flexibility index (Phi) is 4.59. The number of aliphatic hydroxyl groups is 1. The number of carbonyl (C=O) groups is 1. The van der Waals surface area contributed by atoms with Crippen LogP contribution < -0.4 is 5.32 Å². The van der Waals surface area contributed by atoms with Crippen LogP contribution in [0.2, 0.25) is 0 Å². The minimum atomic E-state index is -1.47. The molecule has 1 aromatic carbocycles. The number of hydrogen-bond donors (Lipinski definition) is 2. The Morgan fingerprint density at radius 2 is 1.95 bits per heavy atom. The molecule has 0 radical (unpaired) electrons. The zero-order valence-electron chi connectivity index (χ0n) is 11.3. The van der Waals surface area contributed by atoms with Gasteiger partial charge in [-0.05, 0) is 31.2 Å². The van der Waals surface area contributed by atoms with Crippen LogP contribution in [0.5, 0.6) is 0 Å². The zero-order chi connectivity index (χ0) is 15.4. The van der Waals surface area contributed by atoms with Gasteiger partial charge in [-0.1, -0.05) is 6.07 Å². The molecule has 0 bridgehead atoms. The van der Waals surface area contributed by atoms with Crippen molar-refractivity contribution in [1.82, 2.24) is 10.3 Å². The second-order valence-electron chi connectivity index (χ2n) is 4.50. The second-order valence-corrected chi connectivity index (χ2v) is 4.50. The number of halogens is 2. The van der Waals surface area contributed by atoms with E-state index in [2.05, 4.69) is 10.3 Å². The number of aryl methyl sites for hydroxylation is 1. The summed E-state index contributed by atoms with van der Waals surface area (Å²) in [5.74, 6) is -2.17. The first kappa shape index (κ1) is 15.1. The highest BCUT2D eigenvalue weighted by molar-refractivity contribution is 5.95. The van der Waals surface area contributed by atoms with E-state index in [9.17, 15) is 18.7 Å². The maximum Gasteiger partial charge on any atom is 0.253 e. The zero-order valence-corrected chi connectivity index (χ0v) is 11.3. The summed E-state index contributed by atoms with van der Waals surface area (Å²) >= 11 is 0. The number of aromatic nitrogens is 1. The molecule has 1 unspecified atom stereocenters. The molecule has 1 heterocycles. The van der Waals surface area contributed by atoms with E-state index in [4.69, 9.17) is 0 Å². The Morgan fingerprint density at radius 3 is 2.57 bits per heavy atom. The molecule has 0 aliphatic heterocycles. The molecule has 4 nitrogen and oxygen atoms in total. The molecule has 0 saturated carbocycles. The fourth-order valence-electron chi connectivity index (χ4n) is 1.94. The summed E-state index contributed by atoms with van der Waals surface area (Å²) < 4.78 is 27.0. The number of benzene rings is 1. The largest absolute Gasteiger partial charge is 0.386 e. The van der Waals surface area contributed by atoms with Gasteiger partial charge in [-0.2, -0.15) is 0 Å². The van der Waals surface area contributed by atoms with Crippen molar-refractivity contribution >= 4 is 5.91 Å². The maximum atomic E-state index is 13.5. The fourth-order valence-corrected chi connectivity index (χ4v) is 1.94. The monoisotopic (exact) mass is 292 g/mol. The van der Waals surface area contributed by atoms with Gasteiger partial charge in [-0.25, -0.2) is 8.78 Å². The average molecular weight is 292 g/mol. The summed E-state index contributed by atoms with van der Waals surface area (Å²) in [4.78, 5) is 15.9. The topological polar surface area (TPSA) is 62.2 Å². The van der Waals surface area contributed by atoms with Crippen LogP contribution in [0, 0.1) is 18.6 Å². The van der Waals surface area contributed by atoms with Crippen LogP contribution in [0.3, 0.4) is 0 Å². The van der Waals surface area contributed by atoms with Crippen molar-refractivity contribution in [3.05, 3.63) is 65.0 Å². The first-order valence-electron chi connectivity index (χ1n) is 6.32. The molecule has 2 aromatic rings. The summed E-state index contributed by atoms with van der Waals surface area (Å²) in [6.45, 7) is 1.37. The van der Waals surface area contributed by atoms with Crippen molar-refractivity contribution < 1.29 is 18.7 Å². The molecule has 1 amide bonds. The normalized spacial score (nSPS) is 12.0. The van der Waals surface area contributed by atoms with Crippen LogP contribution in [-0.4, -0.2) is 22.5 Å². The molecular formula is C15H14F2N2O2. The molecule has 21 heavy (non-hydrogen) atoms. The van der Waals surface area contributed by atoms with Gasteiger partial charge in [0.2, 0.25) is 0 Å². The van der Waals surface area contributed by atoms with E-state index >= 15 is 0 Å². The molecule has 0 aliphatic carbocycles. The lowest BCUT2D eigenvalue weighted by atomic mass is 10.1. The lowest BCUT2D eigenvalue weighted by Crippen LogP contribution is -2.29. The summed E-state index contributed by atoms with van der Waals surface area (Å²) in [5.41, 5.74) is 0.418. The predicted molar refractivity (Wildman–Crippen MR) is 72.6 cm³/mol. The molecule has 1 atom stereocenters. The lowest BCUT2D eigenvalue weighted by molar-refractivity contribution is 0.0910. The minimum absolute atomic E-state index is 0.301. The Morgan fingerprint density at radius 1 is 1.29 bits per heavy atom. The van der Waals surface area contributed by atoms with E-state index < -0.39 is 29.2 Å². The van der Waals surface area contributed by atoms with Crippen molar-refractivity contribution in [1.29, 1.82) is 0 Å². The second kappa shape index (κ2) is 6.41. The Balaban J connectivity index is 2.06. The number of nitrogens with zero attached hydrogens (tertiary/aromatic N) is 1. The van der Waals surface area contributed by atoms with Crippen molar-refractivity contribution in [2.24, 2.45) is 0 Å². The third kappa shape index (κ3) is 3.41. The highest BCUT2D eigenvalue weighted by atomic mass is 19.1. The van der Waals surface area contributed by atoms with Gasteiger partial charge in [0.05, 0.1) is 11.1 Å². The number of carbonyl (C=O) groups excluding carboxylic acids is 1. The van der Waals surface area contributed by atoms with Gasteiger partial charge in [-0.3, -0.25) is 9.78 Å². The number of aliphatic hydroxyl groups excluding tert-OH is 1. The number of amides is 1. The molecule has 0 fully saturated rings. The first-order chi connectivity index (χ1) is 10.0. The Hall–Kier alpha value is -2.34. The molecule has 2 rings (SSSR count). The summed E-state index contributed by atoms with van der Waals surface area (Å²) in [5, 5.41) is 12.3. The predicted octanol–water partition coefficient (Wildman–Crippen LogP) is 2.13. The summed E-state index contributed by atoms with van der Waals surface area (Å²) in [6, 6.07) is 6.49. The van der Waals surface area contributed by atoms with Gasteiger partial charge in [0.25, 0.3) is 5.91 Å². The van der Waals surface area contributed by atoms with E-state index in [1.807, 2.05) is 0 Å². The highest BCUT2D eigenvalue weighted by Gasteiger charge is 2.19. The van der Waals surface area contributed by atoms with Gasteiger partial charge < -0.3 is 10.4 Å². The minimum Gasteiger partial charge on any atom is -0.386 e. The maximum absolute atomic E-state index is 13.5. The van der Waals surface area contributed by atoms with Gasteiger partial charge in [0.1, 0.15) is 17.7 Å². The first-order valence-corrected chi connectivity index (χ1v) is 6.32. The van der Waals surface area contributed by atoms with Crippen LogP contribution in [0.1, 0.15) is 27.7 Å². The van der Waals surface area contributed by atoms with Gasteiger partial charge in [-0.15, -0.1) is 0 Å². The number of rotatable bonds is 4. The number of pyridine rings is 1. The van der Waals surface area contributed by atoms with Crippen LogP contribution >= 0.6 is 0 Å². The molecule has 0 saturated heterocycles. The van der Waals surface area contributed by atoms with Crippen LogP contribution in [0.25, 0.3) is 0 Å². The van der Waals surface area contributed by atoms with Gasteiger partial charge in [0.15, 0.2) is 0 Å². The number of hydrogen-bond acceptors (Lipinski definition) is 3. The highest BCUT2D eigenvalue weighted by Crippen LogP contribution is 2.20. The Labute approximate surface area is 120 Å². The van der Waals surface area contributed by atoms with E-state index in [0.717, 1.165) is 12.1 Å². The molecule has 2 N–H and O–H groups in total. The van der Waals surface area contributed by atoms with Crippen molar-refractivity contribution in [2.45, 2.75) is 13.0 Å². The van der Waals surface area contributed by atoms with Crippen LogP contribution in [-0.2, 0) is 0 Å². The van der Waals surface area contributed by atoms with E-state index in [1.165, 1.54) is 6.07 Å². The smallest absolute Gasteiger partial charge is 0.253 e. The number of nitrogens with one attached hydrogen (secondary N) is 1. The molecule has 110 valence electrons. The molecule has 1 aromatic heterocycles. The average Bonchev–Trinajstić information content (AvgIpc) is 2.45. The van der Waals surface area contributed by atoms with E-state index in [0.29, 0.717) is 11.3 Å². The standard InChI is InChI=1S/C15H14F2N2O2/c1-9-10(4-3-7-18-9)15(21)19-8-13(20)14-11(16)5-2-6-12(14)17/h2-7,13,20H,8H2,1H3,(H,19,21). The van der Waals surface area contributed by atoms with Crippen molar-refractivity contribution in [3.8, 4) is 0 Å². The van der Waals surface area contributed by atoms with E-state index in [1.54, 1.807) is 25.3 Å². The van der Waals surface area contributed by atoms with Gasteiger partial charge in [0, 0.05) is 18.4 Å². The fraction of sp³-hybridized carbons (Fsp3) is 0.200. The molecule has 0 aliphatic rings. The SMILES string of the molecule is Cc1ncccc1C(=O)NCC(O)c1c(F)cccc1F. The third-order valence-electron chi connectivity index (χ3n) is 3.04. The van der Waals surface area contributed by atoms with E-state index in [-0.39, 0.29) is 6.54 Å². The quantitative estimate of drug-likeness (QED) is 0.907. The van der Waals surface area contributed by atoms with Gasteiger partial charge >= 0.3 is 0 Å². The molecule has 0 spiro atoms. The summed E-state index contributed by atoms with van der Waals surface area (Å²) in [6.07, 6.45) is 0.0856. The van der Waals surface area contributed by atoms with Crippen molar-refractivity contribution in [2.75, 3.05) is 6.54 Å². The van der Waals surface area contributed by atoms with Crippen molar-refractivity contribution in [3.63, 3.8) is 0 Å². The van der Waals surface area contributed by atoms with Crippen LogP contribution in [0.15, 0.2) is 36.5 Å². The lowest BCUT2D eigenvalue weighted by Gasteiger charge is -2.14. The molecular weight excluding hydrogens is 278 g/mol. The Bertz CT molecular complexity index is 642. The van der Waals surface area contributed by atoms with Crippen LogP contribution in [0.4, 0.5) is 8.78 Å². The third-order valence-corrected chi connectivity index (χ3v) is 3.04. The summed E-state index contributed by atoms with van der Waals surface area (Å²) in [7, 11) is 0.